The largest absolute Gasteiger partial charge is 0.396 e. The fourth-order valence-corrected chi connectivity index (χ4v) is 1.49. The molecule has 0 radical (unpaired) electrons. The minimum absolute atomic E-state index is 0.162. The van der Waals surface area contributed by atoms with Gasteiger partial charge in [0.2, 0.25) is 0 Å². The van der Waals surface area contributed by atoms with Gasteiger partial charge in [-0.05, 0) is 12.1 Å². The minimum atomic E-state index is 0.162. The summed E-state index contributed by atoms with van der Waals surface area (Å²) in [6, 6.07) is 10.1. The number of aliphatic hydroxyl groups is 1. The van der Waals surface area contributed by atoms with Gasteiger partial charge in [-0.15, -0.1) is 0 Å². The lowest BCUT2D eigenvalue weighted by molar-refractivity contribution is 0.297. The van der Waals surface area contributed by atoms with Crippen LogP contribution in [0.2, 0.25) is 0 Å². The van der Waals surface area contributed by atoms with E-state index < -0.39 is 0 Å². The molecule has 0 bridgehead atoms. The number of nitrogens with zero attached hydrogens (tertiary/aromatic N) is 1. The average molecular weight is 202 g/mol. The maximum absolute atomic E-state index is 8.85. The van der Waals surface area contributed by atoms with Gasteiger partial charge in [0.15, 0.2) is 0 Å². The van der Waals surface area contributed by atoms with Gasteiger partial charge in [0, 0.05) is 43.0 Å². The van der Waals surface area contributed by atoms with Gasteiger partial charge in [0.25, 0.3) is 0 Å². The standard InChI is InChI=1S/C12H14N2O/c15-9-6-11-10-14(8-7-13-11)12-4-2-1-3-5-12/h1-5,7-8,10,13,15H,6,9H2. The molecule has 1 aliphatic heterocycles. The Bertz CT molecular complexity index is 370. The van der Waals surface area contributed by atoms with Crippen molar-refractivity contribution >= 4 is 5.69 Å². The highest BCUT2D eigenvalue weighted by Crippen LogP contribution is 2.17. The molecule has 1 aliphatic rings. The van der Waals surface area contributed by atoms with E-state index in [1.807, 2.05) is 53.8 Å². The summed E-state index contributed by atoms with van der Waals surface area (Å²) in [5, 5.41) is 12.0. The average Bonchev–Trinajstić information content (AvgIpc) is 2.31. The highest BCUT2D eigenvalue weighted by molar-refractivity contribution is 5.53. The van der Waals surface area contributed by atoms with Crippen molar-refractivity contribution in [3.8, 4) is 0 Å². The van der Waals surface area contributed by atoms with E-state index in [2.05, 4.69) is 5.32 Å². The number of hydrogen-bond donors (Lipinski definition) is 2. The molecule has 0 aromatic heterocycles. The molecule has 1 heterocycles. The molecule has 3 nitrogen and oxygen atoms in total. The van der Waals surface area contributed by atoms with Crippen LogP contribution in [0.3, 0.4) is 0 Å². The van der Waals surface area contributed by atoms with Crippen molar-refractivity contribution < 1.29 is 5.11 Å². The van der Waals surface area contributed by atoms with Crippen LogP contribution >= 0.6 is 0 Å². The van der Waals surface area contributed by atoms with Crippen LogP contribution in [0, 0.1) is 0 Å². The predicted octanol–water partition coefficient (Wildman–Crippen LogP) is 1.79. The fourth-order valence-electron chi connectivity index (χ4n) is 1.49. The molecule has 0 aliphatic carbocycles. The van der Waals surface area contributed by atoms with Crippen LogP contribution in [-0.4, -0.2) is 11.7 Å². The molecule has 2 rings (SSSR count). The molecule has 0 atom stereocenters. The Labute approximate surface area is 89.3 Å². The zero-order chi connectivity index (χ0) is 10.5. The van der Waals surface area contributed by atoms with Crippen LogP contribution in [0.4, 0.5) is 5.69 Å². The number of rotatable bonds is 3. The van der Waals surface area contributed by atoms with Crippen molar-refractivity contribution in [3.05, 3.63) is 54.6 Å². The van der Waals surface area contributed by atoms with Gasteiger partial charge in [0.05, 0.1) is 0 Å². The van der Waals surface area contributed by atoms with Gasteiger partial charge in [-0.2, -0.15) is 0 Å². The van der Waals surface area contributed by atoms with Crippen molar-refractivity contribution in [1.82, 2.24) is 5.32 Å². The third-order valence-electron chi connectivity index (χ3n) is 2.23. The smallest absolute Gasteiger partial charge is 0.0486 e. The third kappa shape index (κ3) is 2.39. The number of nitrogens with one attached hydrogen (secondary N) is 1. The van der Waals surface area contributed by atoms with Crippen LogP contribution in [0.5, 0.6) is 0 Å². The van der Waals surface area contributed by atoms with Gasteiger partial charge in [-0.25, -0.2) is 0 Å². The second-order valence-electron chi connectivity index (χ2n) is 3.33. The summed E-state index contributed by atoms with van der Waals surface area (Å²) in [6.45, 7) is 0.162. The fraction of sp³-hybridized carbons (Fsp3) is 0.167. The van der Waals surface area contributed by atoms with Gasteiger partial charge >= 0.3 is 0 Å². The van der Waals surface area contributed by atoms with E-state index in [9.17, 15) is 0 Å². The third-order valence-corrected chi connectivity index (χ3v) is 2.23. The first-order chi connectivity index (χ1) is 7.40. The van der Waals surface area contributed by atoms with Gasteiger partial charge in [0.1, 0.15) is 0 Å². The number of benzene rings is 1. The monoisotopic (exact) mass is 202 g/mol. The summed E-state index contributed by atoms with van der Waals surface area (Å²) in [4.78, 5) is 2.03. The lowest BCUT2D eigenvalue weighted by Gasteiger charge is -2.22. The molecule has 0 saturated carbocycles. The molecule has 2 N–H and O–H groups in total. The van der Waals surface area contributed by atoms with Gasteiger partial charge in [-0.1, -0.05) is 18.2 Å². The first-order valence-corrected chi connectivity index (χ1v) is 4.98. The van der Waals surface area contributed by atoms with Crippen molar-refractivity contribution in [2.24, 2.45) is 0 Å². The Morgan fingerprint density at radius 3 is 2.73 bits per heavy atom. The first kappa shape index (κ1) is 9.80. The molecule has 3 heteroatoms. The van der Waals surface area contributed by atoms with E-state index in [1.165, 1.54) is 0 Å². The Balaban J connectivity index is 2.16. The van der Waals surface area contributed by atoms with E-state index in [1.54, 1.807) is 0 Å². The zero-order valence-electron chi connectivity index (χ0n) is 8.43. The number of hydrogen-bond acceptors (Lipinski definition) is 3. The zero-order valence-corrected chi connectivity index (χ0v) is 8.43. The van der Waals surface area contributed by atoms with E-state index in [0.29, 0.717) is 6.42 Å². The first-order valence-electron chi connectivity index (χ1n) is 4.98. The topological polar surface area (TPSA) is 35.5 Å². The van der Waals surface area contributed by atoms with E-state index in [4.69, 9.17) is 5.11 Å². The van der Waals surface area contributed by atoms with Crippen molar-refractivity contribution in [2.45, 2.75) is 6.42 Å². The van der Waals surface area contributed by atoms with Gasteiger partial charge in [-0.3, -0.25) is 0 Å². The molecule has 15 heavy (non-hydrogen) atoms. The van der Waals surface area contributed by atoms with Crippen molar-refractivity contribution in [2.75, 3.05) is 11.5 Å². The summed E-state index contributed by atoms with van der Waals surface area (Å²) in [5.41, 5.74) is 2.13. The van der Waals surface area contributed by atoms with Crippen LogP contribution in [-0.2, 0) is 0 Å². The summed E-state index contributed by atoms with van der Waals surface area (Å²) in [5.74, 6) is 0. The van der Waals surface area contributed by atoms with Crippen LogP contribution in [0.1, 0.15) is 6.42 Å². The second kappa shape index (κ2) is 4.66. The number of aliphatic hydroxyl groups excluding tert-OH is 1. The van der Waals surface area contributed by atoms with E-state index in [-0.39, 0.29) is 6.61 Å². The molecule has 0 unspecified atom stereocenters. The van der Waals surface area contributed by atoms with Crippen LogP contribution in [0.15, 0.2) is 54.6 Å². The number of para-hydroxylation sites is 1. The molecule has 0 saturated heterocycles. The lowest BCUT2D eigenvalue weighted by atomic mass is 10.2. The molecule has 0 fully saturated rings. The SMILES string of the molecule is OCCC1=CN(c2ccccc2)C=CN1. The summed E-state index contributed by atoms with van der Waals surface area (Å²) < 4.78 is 0. The van der Waals surface area contributed by atoms with Gasteiger partial charge < -0.3 is 15.3 Å². The van der Waals surface area contributed by atoms with E-state index in [0.717, 1.165) is 11.4 Å². The maximum atomic E-state index is 8.85. The lowest BCUT2D eigenvalue weighted by Crippen LogP contribution is -2.20. The summed E-state index contributed by atoms with van der Waals surface area (Å²) in [7, 11) is 0. The highest BCUT2D eigenvalue weighted by atomic mass is 16.3. The molecular formula is C12H14N2O. The molecule has 0 amide bonds. The van der Waals surface area contributed by atoms with Crippen molar-refractivity contribution in [3.63, 3.8) is 0 Å². The van der Waals surface area contributed by atoms with E-state index >= 15 is 0 Å². The quantitative estimate of drug-likeness (QED) is 0.784. The molecule has 1 aromatic rings. The summed E-state index contributed by atoms with van der Waals surface area (Å²) >= 11 is 0. The molecule has 1 aromatic carbocycles. The second-order valence-corrected chi connectivity index (χ2v) is 3.33. The summed E-state index contributed by atoms with van der Waals surface area (Å²) in [6.07, 6.45) is 6.47. The van der Waals surface area contributed by atoms with Crippen LogP contribution < -0.4 is 10.2 Å². The predicted molar refractivity (Wildman–Crippen MR) is 61.0 cm³/mol. The molecule has 0 spiro atoms. The maximum Gasteiger partial charge on any atom is 0.0486 e. The normalized spacial score (nSPS) is 14.7. The molecule has 78 valence electrons. The highest BCUT2D eigenvalue weighted by Gasteiger charge is 2.05. The van der Waals surface area contributed by atoms with Crippen LogP contribution in [0.25, 0.3) is 0 Å². The molecular weight excluding hydrogens is 188 g/mol. The van der Waals surface area contributed by atoms with Crippen molar-refractivity contribution in [1.29, 1.82) is 0 Å². The Kier molecular flexibility index (Phi) is 3.05. The minimum Gasteiger partial charge on any atom is -0.396 e. The Morgan fingerprint density at radius 1 is 1.20 bits per heavy atom. The number of anilines is 1. The Hall–Kier alpha value is -1.74. The Morgan fingerprint density at radius 2 is 2.00 bits per heavy atom.